The summed E-state index contributed by atoms with van der Waals surface area (Å²) < 4.78 is 0. The Bertz CT molecular complexity index is 502. The first-order valence-corrected chi connectivity index (χ1v) is 5.99. The lowest BCUT2D eigenvalue weighted by Gasteiger charge is -2.20. The Hall–Kier alpha value is -2.18. The van der Waals surface area contributed by atoms with Crippen LogP contribution in [-0.4, -0.2) is 45.1 Å². The maximum absolute atomic E-state index is 12.0. The van der Waals surface area contributed by atoms with Crippen LogP contribution < -0.4 is 5.32 Å². The van der Waals surface area contributed by atoms with Crippen LogP contribution in [0, 0.1) is 12.3 Å². The largest absolute Gasteiger partial charge is 0.481 e. The van der Waals surface area contributed by atoms with Crippen molar-refractivity contribution in [2.45, 2.75) is 20.3 Å². The van der Waals surface area contributed by atoms with Gasteiger partial charge in [0, 0.05) is 13.1 Å². The van der Waals surface area contributed by atoms with Gasteiger partial charge in [0.25, 0.3) is 0 Å². The maximum atomic E-state index is 12.0. The van der Waals surface area contributed by atoms with Crippen molar-refractivity contribution >= 4 is 17.7 Å². The van der Waals surface area contributed by atoms with E-state index in [4.69, 9.17) is 5.11 Å². The van der Waals surface area contributed by atoms with Gasteiger partial charge in [-0.3, -0.25) is 4.79 Å². The third kappa shape index (κ3) is 2.81. The molecule has 1 unspecified atom stereocenters. The van der Waals surface area contributed by atoms with Gasteiger partial charge >= 0.3 is 12.0 Å². The zero-order valence-electron chi connectivity index (χ0n) is 10.9. The molecule has 1 atom stereocenters. The summed E-state index contributed by atoms with van der Waals surface area (Å²) in [5, 5.41) is 11.8. The van der Waals surface area contributed by atoms with E-state index in [-0.39, 0.29) is 12.6 Å². The number of aryl methyl sites for hydroxylation is 1. The predicted octanol–water partition coefficient (Wildman–Crippen LogP) is 1.11. The maximum Gasteiger partial charge on any atom is 0.321 e. The molecule has 1 aromatic heterocycles. The van der Waals surface area contributed by atoms with E-state index in [1.54, 1.807) is 13.8 Å². The second kappa shape index (κ2) is 4.83. The molecule has 2 amide bonds. The zero-order chi connectivity index (χ0) is 14.0. The summed E-state index contributed by atoms with van der Waals surface area (Å²) in [5.41, 5.74) is -0.360. The Morgan fingerprint density at radius 1 is 1.42 bits per heavy atom. The van der Waals surface area contributed by atoms with Crippen molar-refractivity contribution in [1.29, 1.82) is 0 Å². The predicted molar refractivity (Wildman–Crippen MR) is 67.7 cm³/mol. The average molecular weight is 264 g/mol. The van der Waals surface area contributed by atoms with Crippen LogP contribution in [0.4, 0.5) is 10.5 Å². The number of carboxylic acid groups (broad SMARTS) is 1. The first-order chi connectivity index (χ1) is 8.90. The third-order valence-electron chi connectivity index (χ3n) is 3.31. The second-order valence-corrected chi connectivity index (χ2v) is 4.99. The molecule has 0 aliphatic carbocycles. The van der Waals surface area contributed by atoms with Gasteiger partial charge in [-0.15, -0.1) is 0 Å². The minimum Gasteiger partial charge on any atom is -0.481 e. The summed E-state index contributed by atoms with van der Waals surface area (Å²) in [4.78, 5) is 32.5. The fourth-order valence-corrected chi connectivity index (χ4v) is 1.97. The molecule has 0 saturated carbocycles. The molecule has 102 valence electrons. The average Bonchev–Trinajstić information content (AvgIpc) is 2.76. The van der Waals surface area contributed by atoms with Crippen LogP contribution in [0.5, 0.6) is 0 Å². The molecular weight excluding hydrogens is 248 g/mol. The summed E-state index contributed by atoms with van der Waals surface area (Å²) >= 11 is 0. The van der Waals surface area contributed by atoms with E-state index in [2.05, 4.69) is 15.3 Å². The number of nitrogens with zero attached hydrogens (tertiary/aromatic N) is 3. The molecule has 2 N–H and O–H groups in total. The number of aliphatic carboxylic acids is 1. The fraction of sp³-hybridized carbons (Fsp3) is 0.500. The summed E-state index contributed by atoms with van der Waals surface area (Å²) in [5.74, 6) is -0.251. The highest BCUT2D eigenvalue weighted by molar-refractivity contribution is 5.90. The van der Waals surface area contributed by atoms with Gasteiger partial charge in [0.1, 0.15) is 5.82 Å². The van der Waals surface area contributed by atoms with Crippen molar-refractivity contribution in [3.63, 3.8) is 0 Å². The molecule has 0 aromatic carbocycles. The van der Waals surface area contributed by atoms with E-state index < -0.39 is 11.4 Å². The molecule has 1 aromatic rings. The first-order valence-electron chi connectivity index (χ1n) is 5.99. The highest BCUT2D eigenvalue weighted by Crippen LogP contribution is 2.30. The summed E-state index contributed by atoms with van der Waals surface area (Å²) in [7, 11) is 0. The molecule has 1 fully saturated rings. The van der Waals surface area contributed by atoms with E-state index in [9.17, 15) is 9.59 Å². The Kier molecular flexibility index (Phi) is 3.37. The molecule has 1 saturated heterocycles. The zero-order valence-corrected chi connectivity index (χ0v) is 10.9. The van der Waals surface area contributed by atoms with E-state index >= 15 is 0 Å². The normalized spacial score (nSPS) is 22.3. The van der Waals surface area contributed by atoms with Gasteiger partial charge in [-0.05, 0) is 20.3 Å². The molecule has 0 radical (unpaired) electrons. The van der Waals surface area contributed by atoms with Crippen molar-refractivity contribution in [2.24, 2.45) is 5.41 Å². The van der Waals surface area contributed by atoms with Gasteiger partial charge in [0.2, 0.25) is 0 Å². The number of carbonyl (C=O) groups is 2. The second-order valence-electron chi connectivity index (χ2n) is 4.99. The fourth-order valence-electron chi connectivity index (χ4n) is 1.97. The van der Waals surface area contributed by atoms with Gasteiger partial charge in [-0.1, -0.05) is 0 Å². The molecule has 7 nitrogen and oxygen atoms in total. The van der Waals surface area contributed by atoms with Crippen molar-refractivity contribution in [3.05, 3.63) is 18.2 Å². The van der Waals surface area contributed by atoms with Crippen molar-refractivity contribution in [1.82, 2.24) is 14.9 Å². The van der Waals surface area contributed by atoms with Gasteiger partial charge in [0.15, 0.2) is 0 Å². The molecule has 0 spiro atoms. The number of hydrogen-bond acceptors (Lipinski definition) is 4. The van der Waals surface area contributed by atoms with E-state index in [1.165, 1.54) is 17.3 Å². The number of rotatable bonds is 2. The summed E-state index contributed by atoms with van der Waals surface area (Å²) in [6, 6.07) is -0.322. The number of urea groups is 1. The number of nitrogens with one attached hydrogen (secondary N) is 1. The van der Waals surface area contributed by atoms with Crippen molar-refractivity contribution in [3.8, 4) is 0 Å². The standard InChI is InChI=1S/C12H16N4O3/c1-8-13-5-9(6-14-8)15-11(19)16-4-3-12(2,7-16)10(17)18/h5-6H,3-4,7H2,1-2H3,(H,15,19)(H,17,18). The van der Waals surface area contributed by atoms with E-state index in [1.807, 2.05) is 0 Å². The lowest BCUT2D eigenvalue weighted by Crippen LogP contribution is -2.37. The Morgan fingerprint density at radius 3 is 2.58 bits per heavy atom. The Morgan fingerprint density at radius 2 is 2.05 bits per heavy atom. The number of aromatic nitrogens is 2. The van der Waals surface area contributed by atoms with Crippen LogP contribution >= 0.6 is 0 Å². The van der Waals surface area contributed by atoms with Crippen molar-refractivity contribution in [2.75, 3.05) is 18.4 Å². The molecule has 1 aliphatic heterocycles. The summed E-state index contributed by atoms with van der Waals surface area (Å²) in [6.45, 7) is 4.05. The lowest BCUT2D eigenvalue weighted by molar-refractivity contribution is -0.146. The number of likely N-dealkylation sites (tertiary alicyclic amines) is 1. The third-order valence-corrected chi connectivity index (χ3v) is 3.31. The number of hydrogen-bond donors (Lipinski definition) is 2. The van der Waals surface area contributed by atoms with Crippen LogP contribution in [0.15, 0.2) is 12.4 Å². The highest BCUT2D eigenvalue weighted by atomic mass is 16.4. The van der Waals surface area contributed by atoms with Gasteiger partial charge in [-0.25, -0.2) is 14.8 Å². The molecule has 19 heavy (non-hydrogen) atoms. The SMILES string of the molecule is Cc1ncc(NC(=O)N2CCC(C)(C(=O)O)C2)cn1. The molecule has 2 heterocycles. The smallest absolute Gasteiger partial charge is 0.321 e. The topological polar surface area (TPSA) is 95.4 Å². The minimum absolute atomic E-state index is 0.209. The summed E-state index contributed by atoms with van der Waals surface area (Å²) in [6.07, 6.45) is 3.50. The number of carboxylic acids is 1. The first kappa shape index (κ1) is 13.3. The number of anilines is 1. The van der Waals surface area contributed by atoms with Gasteiger partial charge in [-0.2, -0.15) is 0 Å². The number of amides is 2. The van der Waals surface area contributed by atoms with Gasteiger partial charge < -0.3 is 15.3 Å². The van der Waals surface area contributed by atoms with Crippen LogP contribution in [0.25, 0.3) is 0 Å². The van der Waals surface area contributed by atoms with E-state index in [0.717, 1.165) is 0 Å². The Balaban J connectivity index is 1.98. The van der Waals surface area contributed by atoms with Crippen LogP contribution in [0.1, 0.15) is 19.2 Å². The molecule has 0 bridgehead atoms. The molecule has 7 heteroatoms. The quantitative estimate of drug-likeness (QED) is 0.834. The molecule has 1 aliphatic rings. The lowest BCUT2D eigenvalue weighted by atomic mass is 9.90. The minimum atomic E-state index is -0.874. The van der Waals surface area contributed by atoms with Crippen LogP contribution in [0.2, 0.25) is 0 Å². The van der Waals surface area contributed by atoms with Crippen LogP contribution in [-0.2, 0) is 4.79 Å². The van der Waals surface area contributed by atoms with Crippen molar-refractivity contribution < 1.29 is 14.7 Å². The van der Waals surface area contributed by atoms with Crippen LogP contribution in [0.3, 0.4) is 0 Å². The monoisotopic (exact) mass is 264 g/mol. The molecule has 2 rings (SSSR count). The van der Waals surface area contributed by atoms with Gasteiger partial charge in [0.05, 0.1) is 23.5 Å². The number of carbonyl (C=O) groups excluding carboxylic acids is 1. The highest BCUT2D eigenvalue weighted by Gasteiger charge is 2.42. The van der Waals surface area contributed by atoms with E-state index in [0.29, 0.717) is 24.5 Å². The Labute approximate surface area is 110 Å². The molecular formula is C12H16N4O3.